The highest BCUT2D eigenvalue weighted by molar-refractivity contribution is 6.33. The Morgan fingerprint density at radius 1 is 1.38 bits per heavy atom. The topological polar surface area (TPSA) is 38.9 Å². The zero-order chi connectivity index (χ0) is 11.7. The number of benzene rings is 1. The minimum absolute atomic E-state index is 0.0903. The molecule has 2 N–H and O–H groups in total. The Bertz CT molecular complexity index is 541. The van der Waals surface area contributed by atoms with Crippen molar-refractivity contribution >= 4 is 17.3 Å². The maximum absolute atomic E-state index is 13.3. The van der Waals surface area contributed by atoms with Crippen LogP contribution in [0.3, 0.4) is 0 Å². The van der Waals surface area contributed by atoms with E-state index in [-0.39, 0.29) is 5.02 Å². The molecule has 0 radical (unpaired) electrons. The third-order valence-corrected chi connectivity index (χ3v) is 2.77. The van der Waals surface area contributed by atoms with E-state index in [4.69, 9.17) is 17.3 Å². The van der Waals surface area contributed by atoms with E-state index in [1.807, 2.05) is 6.92 Å². The monoisotopic (exact) mass is 236 g/mol. The predicted octanol–water partition coefficient (Wildman–Crippen LogP) is 3.43. The van der Waals surface area contributed by atoms with Crippen LogP contribution >= 0.6 is 11.6 Å². The number of nitrogen functional groups attached to an aromatic ring is 1. The lowest BCUT2D eigenvalue weighted by atomic mass is 10.1. The standard InChI is InChI=1S/C12H10ClFN2/c1-7-11(15)5-8(6-16-7)9-3-2-4-10(14)12(9)13/h2-6H,15H2,1H3. The first kappa shape index (κ1) is 10.9. The van der Waals surface area contributed by atoms with Crippen LogP contribution in [0, 0.1) is 12.7 Å². The second-order valence-electron chi connectivity index (χ2n) is 3.50. The van der Waals surface area contributed by atoms with Gasteiger partial charge in [-0.1, -0.05) is 23.7 Å². The van der Waals surface area contributed by atoms with Crippen LogP contribution in [-0.2, 0) is 0 Å². The van der Waals surface area contributed by atoms with Crippen molar-refractivity contribution in [3.05, 3.63) is 47.0 Å². The highest BCUT2D eigenvalue weighted by Crippen LogP contribution is 2.30. The summed E-state index contributed by atoms with van der Waals surface area (Å²) in [7, 11) is 0. The van der Waals surface area contributed by atoms with E-state index in [0.29, 0.717) is 16.8 Å². The smallest absolute Gasteiger partial charge is 0.142 e. The molecular formula is C12H10ClFN2. The lowest BCUT2D eigenvalue weighted by molar-refractivity contribution is 0.629. The Labute approximate surface area is 97.9 Å². The van der Waals surface area contributed by atoms with Crippen molar-refractivity contribution in [3.8, 4) is 11.1 Å². The van der Waals surface area contributed by atoms with Crippen LogP contribution in [0.4, 0.5) is 10.1 Å². The summed E-state index contributed by atoms with van der Waals surface area (Å²) in [6, 6.07) is 6.39. The van der Waals surface area contributed by atoms with Gasteiger partial charge in [0.2, 0.25) is 0 Å². The molecule has 1 heterocycles. The lowest BCUT2D eigenvalue weighted by Crippen LogP contribution is -1.94. The van der Waals surface area contributed by atoms with Gasteiger partial charge in [0.25, 0.3) is 0 Å². The average molecular weight is 237 g/mol. The molecule has 16 heavy (non-hydrogen) atoms. The van der Waals surface area contributed by atoms with Crippen LogP contribution in [0.5, 0.6) is 0 Å². The van der Waals surface area contributed by atoms with Crippen molar-refractivity contribution in [2.75, 3.05) is 5.73 Å². The van der Waals surface area contributed by atoms with Gasteiger partial charge in [-0.05, 0) is 19.1 Å². The Morgan fingerprint density at radius 3 is 2.81 bits per heavy atom. The quantitative estimate of drug-likeness (QED) is 0.824. The Morgan fingerprint density at radius 2 is 2.12 bits per heavy atom. The normalized spacial score (nSPS) is 10.4. The third kappa shape index (κ3) is 1.86. The number of pyridine rings is 1. The first-order valence-electron chi connectivity index (χ1n) is 4.76. The molecule has 2 nitrogen and oxygen atoms in total. The molecule has 0 aliphatic carbocycles. The van der Waals surface area contributed by atoms with Crippen LogP contribution in [-0.4, -0.2) is 4.98 Å². The Balaban J connectivity index is 2.59. The zero-order valence-electron chi connectivity index (χ0n) is 8.67. The largest absolute Gasteiger partial charge is 0.397 e. The molecule has 1 aromatic heterocycles. The number of anilines is 1. The van der Waals surface area contributed by atoms with Gasteiger partial charge in [-0.3, -0.25) is 4.98 Å². The van der Waals surface area contributed by atoms with E-state index >= 15 is 0 Å². The predicted molar refractivity (Wildman–Crippen MR) is 63.8 cm³/mol. The molecule has 0 amide bonds. The maximum atomic E-state index is 13.3. The molecule has 0 saturated heterocycles. The van der Waals surface area contributed by atoms with Crippen molar-refractivity contribution in [3.63, 3.8) is 0 Å². The van der Waals surface area contributed by atoms with Gasteiger partial charge in [0.15, 0.2) is 0 Å². The molecule has 0 aliphatic rings. The van der Waals surface area contributed by atoms with E-state index in [1.165, 1.54) is 6.07 Å². The molecule has 0 fully saturated rings. The summed E-state index contributed by atoms with van der Waals surface area (Å²) in [6.07, 6.45) is 1.63. The number of halogens is 2. The molecule has 2 rings (SSSR count). The molecule has 4 heteroatoms. The molecule has 0 unspecified atom stereocenters. The average Bonchev–Trinajstić information content (AvgIpc) is 2.26. The van der Waals surface area contributed by atoms with Gasteiger partial charge in [-0.25, -0.2) is 4.39 Å². The molecule has 1 aromatic carbocycles. The second-order valence-corrected chi connectivity index (χ2v) is 3.88. The third-order valence-electron chi connectivity index (χ3n) is 2.39. The van der Waals surface area contributed by atoms with E-state index in [0.717, 1.165) is 5.69 Å². The summed E-state index contributed by atoms with van der Waals surface area (Å²) in [5.74, 6) is -0.446. The first-order chi connectivity index (χ1) is 7.59. The van der Waals surface area contributed by atoms with Crippen molar-refractivity contribution in [1.82, 2.24) is 4.98 Å². The summed E-state index contributed by atoms with van der Waals surface area (Å²) in [4.78, 5) is 4.12. The fourth-order valence-electron chi connectivity index (χ4n) is 1.42. The van der Waals surface area contributed by atoms with Crippen molar-refractivity contribution in [1.29, 1.82) is 0 Å². The summed E-state index contributed by atoms with van der Waals surface area (Å²) >= 11 is 5.88. The number of nitrogens with zero attached hydrogens (tertiary/aromatic N) is 1. The number of hydrogen-bond donors (Lipinski definition) is 1. The van der Waals surface area contributed by atoms with Crippen molar-refractivity contribution < 1.29 is 4.39 Å². The maximum Gasteiger partial charge on any atom is 0.142 e. The van der Waals surface area contributed by atoms with E-state index in [9.17, 15) is 4.39 Å². The van der Waals surface area contributed by atoms with E-state index < -0.39 is 5.82 Å². The lowest BCUT2D eigenvalue weighted by Gasteiger charge is -2.07. The van der Waals surface area contributed by atoms with Crippen LogP contribution in [0.25, 0.3) is 11.1 Å². The summed E-state index contributed by atoms with van der Waals surface area (Å²) in [5, 5.41) is 0.0903. The van der Waals surface area contributed by atoms with Gasteiger partial charge < -0.3 is 5.73 Å². The molecule has 0 bridgehead atoms. The summed E-state index contributed by atoms with van der Waals surface area (Å²) in [6.45, 7) is 1.81. The van der Waals surface area contributed by atoms with Gasteiger partial charge in [-0.15, -0.1) is 0 Å². The molecule has 0 spiro atoms. The van der Waals surface area contributed by atoms with Crippen LogP contribution < -0.4 is 5.73 Å². The number of aromatic nitrogens is 1. The summed E-state index contributed by atoms with van der Waals surface area (Å²) < 4.78 is 13.3. The molecule has 2 aromatic rings. The van der Waals surface area contributed by atoms with Crippen molar-refractivity contribution in [2.45, 2.75) is 6.92 Å². The molecule has 0 atom stereocenters. The van der Waals surface area contributed by atoms with Gasteiger partial charge in [-0.2, -0.15) is 0 Å². The Kier molecular flexibility index (Phi) is 2.79. The minimum Gasteiger partial charge on any atom is -0.397 e. The highest BCUT2D eigenvalue weighted by Gasteiger charge is 2.08. The van der Waals surface area contributed by atoms with Gasteiger partial charge in [0.05, 0.1) is 16.4 Å². The van der Waals surface area contributed by atoms with E-state index in [2.05, 4.69) is 4.98 Å². The fraction of sp³-hybridized carbons (Fsp3) is 0.0833. The highest BCUT2D eigenvalue weighted by atomic mass is 35.5. The number of hydrogen-bond acceptors (Lipinski definition) is 2. The molecule has 0 saturated carbocycles. The molecular weight excluding hydrogens is 227 g/mol. The van der Waals surface area contributed by atoms with E-state index in [1.54, 1.807) is 24.4 Å². The molecule has 0 aliphatic heterocycles. The van der Waals surface area contributed by atoms with Gasteiger partial charge in [0.1, 0.15) is 5.82 Å². The zero-order valence-corrected chi connectivity index (χ0v) is 9.42. The SMILES string of the molecule is Cc1ncc(-c2cccc(F)c2Cl)cc1N. The number of nitrogens with two attached hydrogens (primary N) is 1. The fourth-order valence-corrected chi connectivity index (χ4v) is 1.66. The number of rotatable bonds is 1. The van der Waals surface area contributed by atoms with Crippen LogP contribution in [0.15, 0.2) is 30.5 Å². The second kappa shape index (κ2) is 4.10. The van der Waals surface area contributed by atoms with Crippen LogP contribution in [0.2, 0.25) is 5.02 Å². The van der Waals surface area contributed by atoms with Crippen molar-refractivity contribution in [2.24, 2.45) is 0 Å². The van der Waals surface area contributed by atoms with Crippen LogP contribution in [0.1, 0.15) is 5.69 Å². The number of aryl methyl sites for hydroxylation is 1. The van der Waals surface area contributed by atoms with Gasteiger partial charge in [0, 0.05) is 17.3 Å². The summed E-state index contributed by atoms with van der Waals surface area (Å²) in [5.41, 5.74) is 8.37. The minimum atomic E-state index is -0.446. The Hall–Kier alpha value is -1.61. The first-order valence-corrected chi connectivity index (χ1v) is 5.14. The van der Waals surface area contributed by atoms with Gasteiger partial charge >= 0.3 is 0 Å². The molecule has 82 valence electrons.